The monoisotopic (exact) mass is 394 g/mol. The Labute approximate surface area is 133 Å². The van der Waals surface area contributed by atoms with E-state index in [1.165, 1.54) is 10.2 Å². The summed E-state index contributed by atoms with van der Waals surface area (Å²) in [6, 6.07) is 9.30. The molecular formula is C15H12Br2N2O. The molecule has 2 bridgehead atoms. The van der Waals surface area contributed by atoms with Crippen LogP contribution >= 0.6 is 31.9 Å². The lowest BCUT2D eigenvalue weighted by atomic mass is 9.98. The number of carbonyl (C=O) groups is 1. The molecule has 2 aliphatic rings. The first-order chi connectivity index (χ1) is 9.66. The van der Waals surface area contributed by atoms with Gasteiger partial charge in [0.15, 0.2) is 0 Å². The average molecular weight is 396 g/mol. The Morgan fingerprint density at radius 2 is 2.00 bits per heavy atom. The van der Waals surface area contributed by atoms with Crippen molar-refractivity contribution in [3.8, 4) is 0 Å². The van der Waals surface area contributed by atoms with E-state index in [0.717, 1.165) is 12.1 Å². The van der Waals surface area contributed by atoms with Gasteiger partial charge >= 0.3 is 0 Å². The van der Waals surface area contributed by atoms with Crippen LogP contribution < -0.4 is 0 Å². The normalized spacial score (nSPS) is 30.5. The molecule has 3 nitrogen and oxygen atoms in total. The maximum Gasteiger partial charge on any atom is 0.278 e. The van der Waals surface area contributed by atoms with Gasteiger partial charge < -0.3 is 0 Å². The van der Waals surface area contributed by atoms with Crippen LogP contribution in [0.1, 0.15) is 39.9 Å². The summed E-state index contributed by atoms with van der Waals surface area (Å²) in [5.41, 5.74) is 2.98. The van der Waals surface area contributed by atoms with E-state index in [2.05, 4.69) is 37.0 Å². The predicted molar refractivity (Wildman–Crippen MR) is 83.9 cm³/mol. The molecular weight excluding hydrogens is 384 g/mol. The molecule has 0 spiro atoms. The van der Waals surface area contributed by atoms with Gasteiger partial charge in [-0.05, 0) is 24.1 Å². The quantitative estimate of drug-likeness (QED) is 0.690. The van der Waals surface area contributed by atoms with Gasteiger partial charge in [-0.2, -0.15) is 5.10 Å². The summed E-state index contributed by atoms with van der Waals surface area (Å²) in [5.74, 6) is 0.785. The van der Waals surface area contributed by atoms with E-state index in [1.807, 2.05) is 36.5 Å². The number of nitrogens with zero attached hydrogens (tertiary/aromatic N) is 2. The molecule has 1 unspecified atom stereocenters. The summed E-state index contributed by atoms with van der Waals surface area (Å²) < 4.78 is 1.50. The molecule has 2 aromatic rings. The first kappa shape index (κ1) is 12.8. The Morgan fingerprint density at radius 3 is 2.75 bits per heavy atom. The fraction of sp³-hybridized carbons (Fsp3) is 0.333. The molecule has 5 heteroatoms. The Hall–Kier alpha value is -0.940. The van der Waals surface area contributed by atoms with E-state index in [0.29, 0.717) is 27.1 Å². The van der Waals surface area contributed by atoms with Crippen molar-refractivity contribution in [2.45, 2.75) is 27.9 Å². The second kappa shape index (κ2) is 4.53. The SMILES string of the molecule is O=C(c1ccccc1)n1cc2c(n1)[C@@H]1C[C@@H](Br)[C@H]2C1Br. The van der Waals surface area contributed by atoms with E-state index in [9.17, 15) is 4.79 Å². The van der Waals surface area contributed by atoms with E-state index < -0.39 is 0 Å². The molecule has 0 N–H and O–H groups in total. The third-order valence-electron chi connectivity index (χ3n) is 4.31. The summed E-state index contributed by atoms with van der Waals surface area (Å²) in [6.07, 6.45) is 3.00. The third kappa shape index (κ3) is 1.69. The van der Waals surface area contributed by atoms with Gasteiger partial charge in [0.2, 0.25) is 0 Å². The number of hydrogen-bond acceptors (Lipinski definition) is 2. The van der Waals surface area contributed by atoms with Crippen molar-refractivity contribution >= 4 is 37.8 Å². The minimum Gasteiger partial charge on any atom is -0.267 e. The van der Waals surface area contributed by atoms with E-state index in [4.69, 9.17) is 0 Å². The largest absolute Gasteiger partial charge is 0.278 e. The highest BCUT2D eigenvalue weighted by molar-refractivity contribution is 9.10. The Kier molecular flexibility index (Phi) is 2.89. The lowest BCUT2D eigenvalue weighted by Crippen LogP contribution is -2.14. The first-order valence-corrected chi connectivity index (χ1v) is 8.47. The smallest absolute Gasteiger partial charge is 0.267 e. The van der Waals surface area contributed by atoms with Crippen molar-refractivity contribution in [2.75, 3.05) is 0 Å². The zero-order valence-electron chi connectivity index (χ0n) is 10.5. The lowest BCUT2D eigenvalue weighted by molar-refractivity contribution is 0.0944. The minimum absolute atomic E-state index is 0.0587. The molecule has 1 saturated carbocycles. The molecule has 0 saturated heterocycles. The first-order valence-electron chi connectivity index (χ1n) is 6.64. The van der Waals surface area contributed by atoms with Gasteiger partial charge in [0.1, 0.15) is 0 Å². The zero-order chi connectivity index (χ0) is 13.9. The van der Waals surface area contributed by atoms with Crippen molar-refractivity contribution in [1.29, 1.82) is 0 Å². The minimum atomic E-state index is -0.0587. The highest BCUT2D eigenvalue weighted by Gasteiger charge is 2.51. The van der Waals surface area contributed by atoms with Crippen molar-refractivity contribution in [2.24, 2.45) is 0 Å². The van der Waals surface area contributed by atoms with Crippen molar-refractivity contribution in [3.05, 3.63) is 53.3 Å². The zero-order valence-corrected chi connectivity index (χ0v) is 13.7. The van der Waals surface area contributed by atoms with Gasteiger partial charge in [-0.25, -0.2) is 4.68 Å². The summed E-state index contributed by atoms with van der Waals surface area (Å²) >= 11 is 7.52. The molecule has 20 heavy (non-hydrogen) atoms. The van der Waals surface area contributed by atoms with Crippen molar-refractivity contribution in [3.63, 3.8) is 0 Å². The van der Waals surface area contributed by atoms with Gasteiger partial charge in [0.25, 0.3) is 5.91 Å². The Balaban J connectivity index is 1.73. The number of carbonyl (C=O) groups excluding carboxylic acids is 1. The van der Waals surface area contributed by atoms with Crippen LogP contribution in [0, 0.1) is 0 Å². The maximum absolute atomic E-state index is 12.4. The second-order valence-corrected chi connectivity index (χ2v) is 7.65. The topological polar surface area (TPSA) is 34.9 Å². The van der Waals surface area contributed by atoms with E-state index in [-0.39, 0.29) is 5.91 Å². The lowest BCUT2D eigenvalue weighted by Gasteiger charge is -2.14. The average Bonchev–Trinajstić information content (AvgIpc) is 3.07. The fourth-order valence-electron chi connectivity index (χ4n) is 3.36. The molecule has 1 aromatic heterocycles. The molecule has 1 fully saturated rings. The number of rotatable bonds is 1. The van der Waals surface area contributed by atoms with Crippen LogP contribution in [-0.4, -0.2) is 25.3 Å². The summed E-state index contributed by atoms with van der Waals surface area (Å²) in [4.78, 5) is 13.4. The van der Waals surface area contributed by atoms with Crippen molar-refractivity contribution < 1.29 is 4.79 Å². The summed E-state index contributed by atoms with van der Waals surface area (Å²) in [7, 11) is 0. The standard InChI is InChI=1S/C15H12Br2N2O/c16-11-6-9-13(17)12(11)10-7-19(18-14(9)10)15(20)8-4-2-1-3-5-8/h1-5,7,9,11-13H,6H2/t9-,11-,12+,13?/m1/s1. The third-order valence-corrected chi connectivity index (χ3v) is 6.46. The van der Waals surface area contributed by atoms with Gasteiger partial charge in [0.05, 0.1) is 5.69 Å². The van der Waals surface area contributed by atoms with Gasteiger partial charge in [-0.15, -0.1) is 0 Å². The summed E-state index contributed by atoms with van der Waals surface area (Å²) in [6.45, 7) is 0. The Bertz CT molecular complexity index is 682. The van der Waals surface area contributed by atoms with Crippen LogP contribution in [0.4, 0.5) is 0 Å². The number of halogens is 2. The summed E-state index contributed by atoms with van der Waals surface area (Å²) in [5, 5.41) is 4.55. The van der Waals surface area contributed by atoms with E-state index >= 15 is 0 Å². The molecule has 2 aliphatic carbocycles. The molecule has 1 heterocycles. The predicted octanol–water partition coefficient (Wildman–Crippen LogP) is 3.68. The second-order valence-electron chi connectivity index (χ2n) is 5.41. The molecule has 4 rings (SSSR count). The van der Waals surface area contributed by atoms with Gasteiger partial charge in [-0.1, -0.05) is 50.1 Å². The number of hydrogen-bond donors (Lipinski definition) is 0. The van der Waals surface area contributed by atoms with Gasteiger partial charge in [-0.3, -0.25) is 4.79 Å². The van der Waals surface area contributed by atoms with E-state index in [1.54, 1.807) is 0 Å². The molecule has 0 amide bonds. The van der Waals surface area contributed by atoms with Crippen molar-refractivity contribution in [1.82, 2.24) is 9.78 Å². The van der Waals surface area contributed by atoms with Crippen LogP contribution in [0.15, 0.2) is 36.5 Å². The fourth-order valence-corrected chi connectivity index (χ4v) is 5.91. The highest BCUT2D eigenvalue weighted by atomic mass is 79.9. The van der Waals surface area contributed by atoms with Crippen LogP contribution in [0.25, 0.3) is 0 Å². The number of benzene rings is 1. The molecule has 0 aliphatic heterocycles. The molecule has 4 atom stereocenters. The Morgan fingerprint density at radius 1 is 1.25 bits per heavy atom. The molecule has 102 valence electrons. The number of fused-ring (bicyclic) bond motifs is 5. The van der Waals surface area contributed by atoms with Crippen LogP contribution in [0.2, 0.25) is 0 Å². The van der Waals surface area contributed by atoms with Crippen LogP contribution in [0.5, 0.6) is 0 Å². The van der Waals surface area contributed by atoms with Gasteiger partial charge in [0, 0.05) is 33.3 Å². The number of aromatic nitrogens is 2. The highest BCUT2D eigenvalue weighted by Crippen LogP contribution is 2.58. The van der Waals surface area contributed by atoms with Crippen LogP contribution in [-0.2, 0) is 0 Å². The maximum atomic E-state index is 12.4. The number of alkyl halides is 2. The molecule has 0 radical (unpaired) electrons. The van der Waals surface area contributed by atoms with Crippen LogP contribution in [0.3, 0.4) is 0 Å². The molecule has 1 aromatic carbocycles.